The van der Waals surface area contributed by atoms with E-state index in [1.54, 1.807) is 0 Å². The first-order valence-electron chi connectivity index (χ1n) is 21.6. The van der Waals surface area contributed by atoms with E-state index in [0.29, 0.717) is 70.7 Å². The Morgan fingerprint density at radius 1 is 0.931 bits per heavy atom. The van der Waals surface area contributed by atoms with Crippen molar-refractivity contribution in [3.8, 4) is 0 Å². The third-order valence-electron chi connectivity index (χ3n) is 15.4. The predicted molar refractivity (Wildman–Crippen MR) is 214 cm³/mol. The number of benzene rings is 1. The predicted octanol–water partition coefficient (Wildman–Crippen LogP) is 8.59. The maximum atomic E-state index is 14.4. The number of nitrogens with zero attached hydrogens (tertiary/aromatic N) is 3. The van der Waals surface area contributed by atoms with E-state index in [1.165, 1.54) is 7.11 Å². The normalized spacial score (nSPS) is 32.9. The molecular weight excluding hydrogens is 743 g/mol. The molecule has 0 saturated heterocycles. The van der Waals surface area contributed by atoms with Crippen LogP contribution in [0.5, 0.6) is 0 Å². The number of rotatable bonds is 20. The average molecular weight is 808 g/mol. The molecule has 0 bridgehead atoms. The molecule has 0 unspecified atom stereocenters. The summed E-state index contributed by atoms with van der Waals surface area (Å²) in [5.41, 5.74) is 8.82. The Labute approximate surface area is 343 Å². The quantitative estimate of drug-likeness (QED) is 0.0181. The minimum absolute atomic E-state index is 0.00190. The van der Waals surface area contributed by atoms with Gasteiger partial charge in [-0.1, -0.05) is 76.8 Å². The molecule has 5 rings (SSSR count). The summed E-state index contributed by atoms with van der Waals surface area (Å²) in [5, 5.41) is 3.72. The Bertz CT molecular complexity index is 1630. The van der Waals surface area contributed by atoms with Gasteiger partial charge in [-0.2, -0.15) is 0 Å². The molecule has 0 N–H and O–H groups in total. The molecule has 0 radical (unpaired) electrons. The van der Waals surface area contributed by atoms with Crippen LogP contribution in [0, 0.1) is 52.3 Å². The number of carbonyl (C=O) groups excluding carboxylic acids is 5. The standard InChI is InChI=1S/C45H65N3O10/c1-7-9-21-55-41(52)40(42(53)56-22-10-8-2)45(31-14-12-30(13-15-31)26-47-48-46)20-19-43(4)32(25-45)23-36(57-27-49)39-34-17-16-33(29(3)11-18-38(51)54-6)44(34,5)37(58-28-50)24-35(39)43/h12-15,27-29,32-37,39-40H,7-11,16-26H2,1-6H3/t29-,32-,33-,34+,35+,36-,37+,39+,43+,44-,45+/m1/s1. The lowest BCUT2D eigenvalue weighted by Crippen LogP contribution is -2.64. The van der Waals surface area contributed by atoms with Crippen LogP contribution < -0.4 is 0 Å². The summed E-state index contributed by atoms with van der Waals surface area (Å²) in [4.78, 5) is 68.4. The van der Waals surface area contributed by atoms with Gasteiger partial charge in [0.05, 0.1) is 26.9 Å². The molecule has 1 aromatic carbocycles. The average Bonchev–Trinajstić information content (AvgIpc) is 3.58. The van der Waals surface area contributed by atoms with E-state index >= 15 is 0 Å². The fraction of sp³-hybridized carbons (Fsp3) is 0.756. The van der Waals surface area contributed by atoms with Gasteiger partial charge in [-0.3, -0.25) is 24.0 Å². The van der Waals surface area contributed by atoms with E-state index in [9.17, 15) is 24.0 Å². The third kappa shape index (κ3) is 8.75. The van der Waals surface area contributed by atoms with Gasteiger partial charge < -0.3 is 23.7 Å². The fourth-order valence-corrected chi connectivity index (χ4v) is 12.4. The molecular formula is C45H65N3O10. The zero-order valence-electron chi connectivity index (χ0n) is 35.4. The first-order valence-corrected chi connectivity index (χ1v) is 21.6. The second-order valence-electron chi connectivity index (χ2n) is 18.0. The molecule has 320 valence electrons. The van der Waals surface area contributed by atoms with Crippen LogP contribution in [0.1, 0.15) is 129 Å². The number of unbranched alkanes of at least 4 members (excludes halogenated alkanes) is 2. The molecule has 0 heterocycles. The molecule has 1 aromatic rings. The minimum atomic E-state index is -1.24. The summed E-state index contributed by atoms with van der Waals surface area (Å²) in [5.74, 6) is -2.33. The van der Waals surface area contributed by atoms with Gasteiger partial charge >= 0.3 is 17.9 Å². The molecule has 13 nitrogen and oxygen atoms in total. The largest absolute Gasteiger partial charge is 0.469 e. The van der Waals surface area contributed by atoms with Crippen LogP contribution in [-0.4, -0.2) is 63.4 Å². The Kier molecular flexibility index (Phi) is 15.3. The molecule has 0 aromatic heterocycles. The number of ether oxygens (including phenoxy) is 5. The highest BCUT2D eigenvalue weighted by Crippen LogP contribution is 2.71. The zero-order valence-corrected chi connectivity index (χ0v) is 35.4. The number of esters is 3. The Morgan fingerprint density at radius 2 is 1.59 bits per heavy atom. The van der Waals surface area contributed by atoms with Gasteiger partial charge in [0.25, 0.3) is 12.9 Å². The molecule has 4 fully saturated rings. The molecule has 0 amide bonds. The van der Waals surface area contributed by atoms with Crippen molar-refractivity contribution in [2.45, 2.75) is 142 Å². The van der Waals surface area contributed by atoms with E-state index in [4.69, 9.17) is 29.2 Å². The van der Waals surface area contributed by atoms with Crippen LogP contribution in [0.4, 0.5) is 0 Å². The summed E-state index contributed by atoms with van der Waals surface area (Å²) in [6.07, 6.45) is 7.61. The van der Waals surface area contributed by atoms with Crippen molar-refractivity contribution in [1.82, 2.24) is 0 Å². The van der Waals surface area contributed by atoms with Crippen molar-refractivity contribution < 1.29 is 47.7 Å². The Morgan fingerprint density at radius 3 is 2.17 bits per heavy atom. The van der Waals surface area contributed by atoms with E-state index in [1.807, 2.05) is 38.1 Å². The van der Waals surface area contributed by atoms with E-state index in [-0.39, 0.29) is 72.8 Å². The van der Waals surface area contributed by atoms with Crippen molar-refractivity contribution >= 4 is 30.9 Å². The molecule has 0 spiro atoms. The van der Waals surface area contributed by atoms with Gasteiger partial charge in [0.2, 0.25) is 0 Å². The van der Waals surface area contributed by atoms with Crippen LogP contribution in [0.2, 0.25) is 0 Å². The molecule has 0 aliphatic heterocycles. The number of carbonyl (C=O) groups is 5. The van der Waals surface area contributed by atoms with Crippen molar-refractivity contribution in [1.29, 1.82) is 0 Å². The summed E-state index contributed by atoms with van der Waals surface area (Å²) in [6, 6.07) is 7.62. The van der Waals surface area contributed by atoms with Crippen LogP contribution in [0.25, 0.3) is 10.4 Å². The van der Waals surface area contributed by atoms with E-state index in [2.05, 4.69) is 30.8 Å². The number of hydrogen-bond acceptors (Lipinski definition) is 11. The SMILES string of the molecule is CCCCOC(=O)C(C(=O)OCCCC)[C@@]1(c2ccc(CN=[N+]=[N-])cc2)CC[C@@]2(C)[C@H](C[C@@H](OC=O)[C@@H]3[C@@H]2C[C@H](OC=O)[C@]2(C)[C@@H]([C@H](C)CCC(=O)OC)CC[C@@H]32)C1. The van der Waals surface area contributed by atoms with Crippen LogP contribution in [0.15, 0.2) is 29.4 Å². The van der Waals surface area contributed by atoms with Crippen molar-refractivity contribution in [2.75, 3.05) is 20.3 Å². The topological polar surface area (TPSA) is 180 Å². The first kappa shape index (κ1) is 45.0. The number of hydrogen-bond donors (Lipinski definition) is 0. The minimum Gasteiger partial charge on any atom is -0.469 e. The van der Waals surface area contributed by atoms with E-state index < -0.39 is 34.8 Å². The Balaban J connectivity index is 1.58. The van der Waals surface area contributed by atoms with Gasteiger partial charge in [-0.25, -0.2) is 0 Å². The number of methoxy groups -OCH3 is 1. The monoisotopic (exact) mass is 807 g/mol. The van der Waals surface area contributed by atoms with Crippen LogP contribution >= 0.6 is 0 Å². The van der Waals surface area contributed by atoms with Crippen molar-refractivity contribution in [2.24, 2.45) is 57.4 Å². The van der Waals surface area contributed by atoms with Crippen molar-refractivity contribution in [3.05, 3.63) is 45.8 Å². The van der Waals surface area contributed by atoms with Gasteiger partial charge in [-0.15, -0.1) is 0 Å². The number of azide groups is 1. The molecule has 4 aliphatic carbocycles. The maximum Gasteiger partial charge on any atom is 0.321 e. The smallest absolute Gasteiger partial charge is 0.321 e. The third-order valence-corrected chi connectivity index (χ3v) is 15.4. The fourth-order valence-electron chi connectivity index (χ4n) is 12.4. The van der Waals surface area contributed by atoms with Gasteiger partial charge in [0.1, 0.15) is 12.2 Å². The van der Waals surface area contributed by atoms with Gasteiger partial charge in [0, 0.05) is 28.1 Å². The first-order chi connectivity index (χ1) is 27.9. The second kappa shape index (κ2) is 19.8. The van der Waals surface area contributed by atoms with Crippen LogP contribution in [-0.2, 0) is 59.6 Å². The highest BCUT2D eigenvalue weighted by molar-refractivity contribution is 5.97. The van der Waals surface area contributed by atoms with Gasteiger partial charge in [0.15, 0.2) is 5.92 Å². The lowest BCUT2D eigenvalue weighted by Gasteiger charge is -2.65. The summed E-state index contributed by atoms with van der Waals surface area (Å²) >= 11 is 0. The zero-order chi connectivity index (χ0) is 42.1. The lowest BCUT2D eigenvalue weighted by molar-refractivity contribution is -0.218. The molecule has 4 saturated carbocycles. The van der Waals surface area contributed by atoms with Crippen LogP contribution in [0.3, 0.4) is 0 Å². The summed E-state index contributed by atoms with van der Waals surface area (Å²) in [7, 11) is 1.40. The Hall–Kier alpha value is -4.12. The lowest BCUT2D eigenvalue weighted by atomic mass is 9.40. The summed E-state index contributed by atoms with van der Waals surface area (Å²) < 4.78 is 28.9. The molecule has 4 aliphatic rings. The van der Waals surface area contributed by atoms with Crippen molar-refractivity contribution in [3.63, 3.8) is 0 Å². The summed E-state index contributed by atoms with van der Waals surface area (Å²) in [6.45, 7) is 12.4. The second-order valence-corrected chi connectivity index (χ2v) is 18.0. The number of fused-ring (bicyclic) bond motifs is 5. The highest BCUT2D eigenvalue weighted by Gasteiger charge is 2.69. The maximum absolute atomic E-state index is 14.4. The molecule has 58 heavy (non-hydrogen) atoms. The molecule has 13 heteroatoms. The van der Waals surface area contributed by atoms with E-state index in [0.717, 1.165) is 36.8 Å². The van der Waals surface area contributed by atoms with Gasteiger partial charge in [-0.05, 0) is 116 Å². The highest BCUT2D eigenvalue weighted by atomic mass is 16.6. The molecule has 11 atom stereocenters.